The molecule has 8 heavy (non-hydrogen) atoms. The number of hydrogen-bond acceptors (Lipinski definition) is 2. The number of halogens is 2. The Morgan fingerprint density at radius 3 is 1.75 bits per heavy atom. The molecule has 2 N–H and O–H groups in total. The van der Waals surface area contributed by atoms with E-state index in [1.165, 1.54) is 0 Å². The van der Waals surface area contributed by atoms with Gasteiger partial charge in [-0.15, -0.1) is 0 Å². The summed E-state index contributed by atoms with van der Waals surface area (Å²) in [6, 6.07) is 0. The fraction of sp³-hybridized carbons (Fsp3) is 0. The molecule has 0 saturated heterocycles. The van der Waals surface area contributed by atoms with Crippen molar-refractivity contribution < 1.29 is 59.3 Å². The van der Waals surface area contributed by atoms with E-state index in [2.05, 4.69) is 4.73 Å². The first kappa shape index (κ1) is 16.0. The van der Waals surface area contributed by atoms with Gasteiger partial charge in [-0.1, -0.05) is 4.73 Å². The fourth-order valence-electron chi connectivity index (χ4n) is 0. The Balaban J connectivity index is -0.0000000417. The van der Waals surface area contributed by atoms with Gasteiger partial charge in [-0.05, 0) is 4.53 Å². The zero-order valence-corrected chi connectivity index (χ0v) is 6.84. The van der Waals surface area contributed by atoms with Crippen LogP contribution in [0.1, 0.15) is 1.43 Å². The summed E-state index contributed by atoms with van der Waals surface area (Å²) in [5.41, 5.74) is 0. The van der Waals surface area contributed by atoms with Crippen molar-refractivity contribution in [2.75, 3.05) is 0 Å². The van der Waals surface area contributed by atoms with Crippen LogP contribution in [0.15, 0.2) is 0 Å². The molecule has 0 aromatic carbocycles. The van der Waals surface area contributed by atoms with Crippen LogP contribution in [0.3, 0.4) is 0 Å². The minimum Gasteiger partial charge on any atom is -1.00 e. The van der Waals surface area contributed by atoms with Crippen molar-refractivity contribution in [2.24, 2.45) is 0 Å². The molecule has 0 unspecified atom stereocenters. The molecular formula is H4F2NaO4P. The second kappa shape index (κ2) is 6.10. The fourth-order valence-corrected chi connectivity index (χ4v) is 0. The normalized spacial score (nSPS) is 8.88. The van der Waals surface area contributed by atoms with Crippen molar-refractivity contribution in [3.8, 4) is 0 Å². The summed E-state index contributed by atoms with van der Waals surface area (Å²) in [5.74, 6) is 0. The van der Waals surface area contributed by atoms with Crippen LogP contribution < -0.4 is 29.6 Å². The van der Waals surface area contributed by atoms with Gasteiger partial charge in [0, 0.05) is 0 Å². The number of phosphoric acid groups is 1. The van der Waals surface area contributed by atoms with Gasteiger partial charge in [0.05, 0.1) is 0 Å². The molecule has 0 saturated carbocycles. The van der Waals surface area contributed by atoms with Crippen LogP contribution in [0.4, 0.5) is 9.23 Å². The van der Waals surface area contributed by atoms with E-state index in [4.69, 9.17) is 14.4 Å². The van der Waals surface area contributed by atoms with Crippen LogP contribution in [-0.4, -0.2) is 9.79 Å². The van der Waals surface area contributed by atoms with Crippen LogP contribution in [0, 0.1) is 0 Å². The zero-order chi connectivity index (χ0) is 5.21. The van der Waals surface area contributed by atoms with Crippen LogP contribution in [0.5, 0.6) is 0 Å². The Bertz CT molecular complexity index is 82.6. The van der Waals surface area contributed by atoms with E-state index < -0.39 is 7.82 Å². The molecule has 0 heterocycles. The topological polar surface area (TPSA) is 66.8 Å². The van der Waals surface area contributed by atoms with E-state index in [0.717, 1.165) is 0 Å². The van der Waals surface area contributed by atoms with Gasteiger partial charge in [0.25, 0.3) is 0 Å². The average Bonchev–Trinajstić information content (AvgIpc) is 1.35. The molecule has 0 spiro atoms. The third-order valence-corrected chi connectivity index (χ3v) is 0.270. The zero-order valence-electron chi connectivity index (χ0n) is 4.94. The van der Waals surface area contributed by atoms with Crippen molar-refractivity contribution in [3.05, 3.63) is 0 Å². The Labute approximate surface area is 67.3 Å². The molecule has 0 aliphatic carbocycles. The molecule has 0 aromatic heterocycles. The van der Waals surface area contributed by atoms with Crippen LogP contribution in [0.2, 0.25) is 0 Å². The van der Waals surface area contributed by atoms with Gasteiger partial charge < -0.3 is 11.2 Å². The van der Waals surface area contributed by atoms with E-state index in [0.29, 0.717) is 0 Å². The Morgan fingerprint density at radius 2 is 1.75 bits per heavy atom. The minimum atomic E-state index is -4.81. The summed E-state index contributed by atoms with van der Waals surface area (Å²) in [6.07, 6.45) is 0. The molecule has 48 valence electrons. The third kappa shape index (κ3) is 15.8. The number of hydrogen-bond donors (Lipinski definition) is 2. The molecule has 0 atom stereocenters. The van der Waals surface area contributed by atoms with Crippen molar-refractivity contribution in [3.63, 3.8) is 0 Å². The van der Waals surface area contributed by atoms with Gasteiger partial charge in [-0.2, -0.15) is 0 Å². The van der Waals surface area contributed by atoms with Crippen LogP contribution in [0.25, 0.3) is 0 Å². The van der Waals surface area contributed by atoms with Crippen molar-refractivity contribution in [1.29, 1.82) is 0 Å². The summed E-state index contributed by atoms with van der Waals surface area (Å²) in [5, 5.41) is 0. The Morgan fingerprint density at radius 1 is 1.62 bits per heavy atom. The maximum atomic E-state index is 10.2. The van der Waals surface area contributed by atoms with E-state index in [9.17, 15) is 4.53 Å². The molecule has 0 aliphatic heterocycles. The third-order valence-electron chi connectivity index (χ3n) is 0.0899. The van der Waals surface area contributed by atoms with Gasteiger partial charge in [0.15, 0.2) is 0 Å². The minimum absolute atomic E-state index is 0. The second-order valence-electron chi connectivity index (χ2n) is 0.560. The second-order valence-corrected chi connectivity index (χ2v) is 1.68. The van der Waals surface area contributed by atoms with Gasteiger partial charge in [0.1, 0.15) is 0 Å². The summed E-state index contributed by atoms with van der Waals surface area (Å²) in [7, 11) is -4.81. The van der Waals surface area contributed by atoms with Crippen molar-refractivity contribution in [1.82, 2.24) is 0 Å². The van der Waals surface area contributed by atoms with Crippen molar-refractivity contribution in [2.45, 2.75) is 0 Å². The summed E-state index contributed by atoms with van der Waals surface area (Å²) < 4.78 is 21.4. The predicted octanol–water partition coefficient (Wildman–Crippen LogP) is -2.75. The average molecular weight is 160 g/mol. The first-order chi connectivity index (χ1) is 2.56. The quantitative estimate of drug-likeness (QED) is 0.322. The molecule has 0 fully saturated rings. The van der Waals surface area contributed by atoms with Gasteiger partial charge in [-0.3, -0.25) is 4.70 Å². The standard InChI is InChI=1S/FH2O4P.FH.Na.H/c1-5-6(2,3)4;;;/h(H2,2,3,4);1H;;/q;;+1;-1. The van der Waals surface area contributed by atoms with Crippen molar-refractivity contribution >= 4 is 7.82 Å². The summed E-state index contributed by atoms with van der Waals surface area (Å²) in [6.45, 7) is 0. The smallest absolute Gasteiger partial charge is 1.00 e. The molecule has 4 nitrogen and oxygen atoms in total. The SMILES string of the molecule is F.O=P(O)(O)OF.[H-].[Na+]. The van der Waals surface area contributed by atoms with E-state index in [1.807, 2.05) is 0 Å². The Hall–Kier alpha value is 0.970. The van der Waals surface area contributed by atoms with Gasteiger partial charge in [0.2, 0.25) is 0 Å². The molecule has 0 aliphatic rings. The van der Waals surface area contributed by atoms with E-state index in [1.54, 1.807) is 0 Å². The molecule has 0 radical (unpaired) electrons. The monoisotopic (exact) mass is 160 g/mol. The Kier molecular flexibility index (Phi) is 12.2. The number of rotatable bonds is 1. The summed E-state index contributed by atoms with van der Waals surface area (Å²) in [4.78, 5) is 14.7. The van der Waals surface area contributed by atoms with E-state index in [-0.39, 0.29) is 35.7 Å². The molecule has 0 bridgehead atoms. The van der Waals surface area contributed by atoms with Gasteiger partial charge in [-0.25, -0.2) is 4.57 Å². The molecule has 0 aromatic rings. The van der Waals surface area contributed by atoms with Gasteiger partial charge >= 0.3 is 37.4 Å². The first-order valence-electron chi connectivity index (χ1n) is 0.919. The molecular weight excluding hydrogens is 156 g/mol. The van der Waals surface area contributed by atoms with E-state index >= 15 is 0 Å². The molecule has 8 heteroatoms. The first-order valence-corrected chi connectivity index (χ1v) is 2.45. The van der Waals surface area contributed by atoms with Crippen LogP contribution >= 0.6 is 7.82 Å². The van der Waals surface area contributed by atoms with Crippen LogP contribution in [-0.2, 0) is 9.29 Å². The summed E-state index contributed by atoms with van der Waals surface area (Å²) >= 11 is 0. The maximum absolute atomic E-state index is 10.2. The maximum Gasteiger partial charge on any atom is 1.00 e. The molecule has 0 rings (SSSR count). The molecule has 0 amide bonds. The predicted molar refractivity (Wildman–Crippen MR) is 17.9 cm³/mol. The largest absolute Gasteiger partial charge is 1.00 e.